The normalized spacial score (nSPS) is 21.4. The highest BCUT2D eigenvalue weighted by atomic mass is 32.2. The first-order chi connectivity index (χ1) is 13.3. The SMILES string of the molecule is C[C@H](C(=O)N(C)C1CCCCC1)N1CCN(S(=O)(=O)c2cccc(F)c2)CC1. The Balaban J connectivity index is 1.59. The number of hydrogen-bond donors (Lipinski definition) is 0. The molecule has 0 unspecified atom stereocenters. The number of halogens is 1. The van der Waals surface area contributed by atoms with E-state index in [-0.39, 0.29) is 16.8 Å². The number of piperazine rings is 1. The van der Waals surface area contributed by atoms with Gasteiger partial charge in [0, 0.05) is 39.3 Å². The number of sulfonamides is 1. The smallest absolute Gasteiger partial charge is 0.243 e. The van der Waals surface area contributed by atoms with Crippen LogP contribution in [0.4, 0.5) is 4.39 Å². The number of rotatable bonds is 5. The number of likely N-dealkylation sites (N-methyl/N-ethyl adjacent to an activating group) is 1. The van der Waals surface area contributed by atoms with Crippen molar-refractivity contribution in [3.8, 4) is 0 Å². The first-order valence-corrected chi connectivity index (χ1v) is 11.5. The number of amides is 1. The molecule has 0 spiro atoms. The highest BCUT2D eigenvalue weighted by Crippen LogP contribution is 2.23. The molecule has 1 saturated heterocycles. The van der Waals surface area contributed by atoms with Crippen LogP contribution in [0.25, 0.3) is 0 Å². The Bertz CT molecular complexity index is 788. The Morgan fingerprint density at radius 1 is 1.14 bits per heavy atom. The number of carbonyl (C=O) groups is 1. The van der Waals surface area contributed by atoms with E-state index in [0.717, 1.165) is 18.9 Å². The molecular formula is C20H30FN3O3S. The van der Waals surface area contributed by atoms with Gasteiger partial charge in [0.15, 0.2) is 0 Å². The summed E-state index contributed by atoms with van der Waals surface area (Å²) in [5.74, 6) is -0.460. The largest absolute Gasteiger partial charge is 0.341 e. The first kappa shape index (κ1) is 21.2. The van der Waals surface area contributed by atoms with Gasteiger partial charge in [0.1, 0.15) is 5.82 Å². The standard InChI is InChI=1S/C20H30FN3O3S/c1-16(20(25)22(2)18-8-4-3-5-9-18)23-11-13-24(14-12-23)28(26,27)19-10-6-7-17(21)15-19/h6-7,10,15-16,18H,3-5,8-9,11-14H2,1-2H3/t16-/m1/s1. The molecule has 1 aromatic carbocycles. The van der Waals surface area contributed by atoms with Crippen LogP contribution in [0, 0.1) is 5.82 Å². The van der Waals surface area contributed by atoms with Crippen molar-refractivity contribution < 1.29 is 17.6 Å². The third-order valence-electron chi connectivity index (χ3n) is 6.08. The molecule has 1 aromatic rings. The maximum atomic E-state index is 13.4. The van der Waals surface area contributed by atoms with E-state index in [0.29, 0.717) is 32.2 Å². The molecule has 156 valence electrons. The Kier molecular flexibility index (Phi) is 6.73. The lowest BCUT2D eigenvalue weighted by molar-refractivity contribution is -0.138. The number of carbonyl (C=O) groups excluding carboxylic acids is 1. The van der Waals surface area contributed by atoms with E-state index in [1.165, 1.54) is 41.8 Å². The van der Waals surface area contributed by atoms with Gasteiger partial charge in [-0.05, 0) is 38.0 Å². The zero-order valence-corrected chi connectivity index (χ0v) is 17.5. The summed E-state index contributed by atoms with van der Waals surface area (Å²) in [4.78, 5) is 16.8. The van der Waals surface area contributed by atoms with Crippen LogP contribution in [0.15, 0.2) is 29.2 Å². The van der Waals surface area contributed by atoms with Gasteiger partial charge < -0.3 is 4.90 Å². The van der Waals surface area contributed by atoms with Crippen LogP contribution in [0.3, 0.4) is 0 Å². The van der Waals surface area contributed by atoms with Crippen LogP contribution >= 0.6 is 0 Å². The second-order valence-electron chi connectivity index (χ2n) is 7.81. The second kappa shape index (κ2) is 8.88. The van der Waals surface area contributed by atoms with Crippen LogP contribution in [-0.2, 0) is 14.8 Å². The maximum absolute atomic E-state index is 13.4. The monoisotopic (exact) mass is 411 g/mol. The lowest BCUT2D eigenvalue weighted by Crippen LogP contribution is -2.56. The number of nitrogens with zero attached hydrogens (tertiary/aromatic N) is 3. The summed E-state index contributed by atoms with van der Waals surface area (Å²) in [7, 11) is -1.83. The minimum Gasteiger partial charge on any atom is -0.341 e. The summed E-state index contributed by atoms with van der Waals surface area (Å²) in [5.41, 5.74) is 0. The average Bonchev–Trinajstić information content (AvgIpc) is 2.73. The fraction of sp³-hybridized carbons (Fsp3) is 0.650. The summed E-state index contributed by atoms with van der Waals surface area (Å²) in [6.07, 6.45) is 5.72. The molecule has 2 aliphatic rings. The summed E-state index contributed by atoms with van der Waals surface area (Å²) in [5, 5.41) is 0. The van der Waals surface area contributed by atoms with Crippen LogP contribution < -0.4 is 0 Å². The summed E-state index contributed by atoms with van der Waals surface area (Å²) in [6.45, 7) is 3.46. The minimum atomic E-state index is -3.72. The van der Waals surface area contributed by atoms with Crippen molar-refractivity contribution in [2.75, 3.05) is 33.2 Å². The van der Waals surface area contributed by atoms with E-state index in [1.54, 1.807) is 0 Å². The molecule has 8 heteroatoms. The maximum Gasteiger partial charge on any atom is 0.243 e. The van der Waals surface area contributed by atoms with Gasteiger partial charge in [-0.3, -0.25) is 9.69 Å². The third-order valence-corrected chi connectivity index (χ3v) is 7.98. The molecule has 1 amide bonds. The Morgan fingerprint density at radius 2 is 1.79 bits per heavy atom. The van der Waals surface area contributed by atoms with Crippen molar-refractivity contribution in [1.29, 1.82) is 0 Å². The van der Waals surface area contributed by atoms with E-state index in [9.17, 15) is 17.6 Å². The van der Waals surface area contributed by atoms with E-state index < -0.39 is 15.8 Å². The zero-order chi connectivity index (χ0) is 20.3. The first-order valence-electron chi connectivity index (χ1n) is 10.1. The van der Waals surface area contributed by atoms with E-state index in [1.807, 2.05) is 23.8 Å². The fourth-order valence-electron chi connectivity index (χ4n) is 4.21. The molecule has 28 heavy (non-hydrogen) atoms. The predicted octanol–water partition coefficient (Wildman–Crippen LogP) is 2.31. The van der Waals surface area contributed by atoms with Gasteiger partial charge in [0.25, 0.3) is 0 Å². The lowest BCUT2D eigenvalue weighted by atomic mass is 9.94. The topological polar surface area (TPSA) is 60.9 Å². The van der Waals surface area contributed by atoms with Gasteiger partial charge in [-0.25, -0.2) is 12.8 Å². The number of hydrogen-bond acceptors (Lipinski definition) is 4. The molecule has 3 rings (SSSR count). The Labute approximate surface area is 167 Å². The van der Waals surface area contributed by atoms with Crippen LogP contribution in [0.1, 0.15) is 39.0 Å². The van der Waals surface area contributed by atoms with Gasteiger partial charge in [-0.1, -0.05) is 25.3 Å². The third kappa shape index (κ3) is 4.55. The Hall–Kier alpha value is -1.51. The van der Waals surface area contributed by atoms with Crippen molar-refractivity contribution >= 4 is 15.9 Å². The Morgan fingerprint density at radius 3 is 2.39 bits per heavy atom. The van der Waals surface area contributed by atoms with Gasteiger partial charge in [-0.15, -0.1) is 0 Å². The zero-order valence-electron chi connectivity index (χ0n) is 16.7. The molecule has 6 nitrogen and oxygen atoms in total. The molecule has 0 radical (unpaired) electrons. The number of benzene rings is 1. The summed E-state index contributed by atoms with van der Waals surface area (Å²) >= 11 is 0. The van der Waals surface area contributed by atoms with E-state index >= 15 is 0 Å². The van der Waals surface area contributed by atoms with E-state index in [2.05, 4.69) is 0 Å². The highest BCUT2D eigenvalue weighted by Gasteiger charge is 2.34. The molecule has 1 aliphatic carbocycles. The quantitative estimate of drug-likeness (QED) is 0.746. The molecule has 1 saturated carbocycles. The predicted molar refractivity (Wildman–Crippen MR) is 106 cm³/mol. The highest BCUT2D eigenvalue weighted by molar-refractivity contribution is 7.89. The van der Waals surface area contributed by atoms with Crippen molar-refractivity contribution in [3.05, 3.63) is 30.1 Å². The van der Waals surface area contributed by atoms with Crippen LogP contribution in [0.5, 0.6) is 0 Å². The van der Waals surface area contributed by atoms with Crippen molar-refractivity contribution in [2.24, 2.45) is 0 Å². The molecule has 0 N–H and O–H groups in total. The second-order valence-corrected chi connectivity index (χ2v) is 9.75. The molecule has 1 heterocycles. The van der Waals surface area contributed by atoms with Crippen molar-refractivity contribution in [3.63, 3.8) is 0 Å². The van der Waals surface area contributed by atoms with Gasteiger partial charge in [-0.2, -0.15) is 4.31 Å². The molecule has 1 aliphatic heterocycles. The summed E-state index contributed by atoms with van der Waals surface area (Å²) < 4.78 is 40.3. The molecule has 1 atom stereocenters. The molecule has 0 bridgehead atoms. The lowest BCUT2D eigenvalue weighted by Gasteiger charge is -2.39. The van der Waals surface area contributed by atoms with Crippen molar-refractivity contribution in [2.45, 2.75) is 56.0 Å². The minimum absolute atomic E-state index is 0.0258. The molecular weight excluding hydrogens is 381 g/mol. The van der Waals surface area contributed by atoms with E-state index in [4.69, 9.17) is 0 Å². The van der Waals surface area contributed by atoms with Gasteiger partial charge >= 0.3 is 0 Å². The average molecular weight is 412 g/mol. The van der Waals surface area contributed by atoms with Gasteiger partial charge in [0.05, 0.1) is 10.9 Å². The summed E-state index contributed by atoms with van der Waals surface area (Å²) in [6, 6.07) is 5.14. The molecule has 0 aromatic heterocycles. The van der Waals surface area contributed by atoms with Crippen LogP contribution in [-0.4, -0.2) is 73.7 Å². The van der Waals surface area contributed by atoms with Crippen LogP contribution in [0.2, 0.25) is 0 Å². The fourth-order valence-corrected chi connectivity index (χ4v) is 5.66. The van der Waals surface area contributed by atoms with Crippen molar-refractivity contribution in [1.82, 2.24) is 14.1 Å². The molecule has 2 fully saturated rings. The van der Waals surface area contributed by atoms with Gasteiger partial charge in [0.2, 0.25) is 15.9 Å².